The van der Waals surface area contributed by atoms with Crippen LogP contribution in [0.2, 0.25) is 20.1 Å². The maximum Gasteiger partial charge on any atom is 0.138 e. The predicted octanol–water partition coefficient (Wildman–Crippen LogP) is 5.84. The summed E-state index contributed by atoms with van der Waals surface area (Å²) in [5, 5.41) is 2.08. The summed E-state index contributed by atoms with van der Waals surface area (Å²) < 4.78 is 0. The molecule has 2 aromatic carbocycles. The molecule has 0 aliphatic carbocycles. The number of hydrogen-bond donors (Lipinski definition) is 1. The van der Waals surface area contributed by atoms with E-state index in [4.69, 9.17) is 46.4 Å². The molecule has 0 aliphatic heterocycles. The highest BCUT2D eigenvalue weighted by atomic mass is 35.5. The Labute approximate surface area is 129 Å². The monoisotopic (exact) mass is 330 g/mol. The van der Waals surface area contributed by atoms with Gasteiger partial charge in [0.25, 0.3) is 0 Å². The molecule has 0 saturated heterocycles. The van der Waals surface area contributed by atoms with E-state index >= 15 is 0 Å². The lowest BCUT2D eigenvalue weighted by atomic mass is 10.2. The maximum atomic E-state index is 6.11. The van der Waals surface area contributed by atoms with Crippen LogP contribution >= 0.6 is 46.4 Å². The van der Waals surface area contributed by atoms with Crippen molar-refractivity contribution >= 4 is 57.4 Å². The van der Waals surface area contributed by atoms with Gasteiger partial charge < -0.3 is 4.98 Å². The topological polar surface area (TPSA) is 28.7 Å². The van der Waals surface area contributed by atoms with Crippen LogP contribution < -0.4 is 0 Å². The van der Waals surface area contributed by atoms with Crippen molar-refractivity contribution in [2.24, 2.45) is 0 Å². The van der Waals surface area contributed by atoms with Crippen LogP contribution in [-0.2, 0) is 0 Å². The maximum absolute atomic E-state index is 6.11. The lowest BCUT2D eigenvalue weighted by molar-refractivity contribution is 1.34. The third kappa shape index (κ3) is 2.30. The van der Waals surface area contributed by atoms with E-state index < -0.39 is 0 Å². The molecule has 0 fully saturated rings. The zero-order chi connectivity index (χ0) is 13.6. The fourth-order valence-electron chi connectivity index (χ4n) is 1.81. The summed E-state index contributed by atoms with van der Waals surface area (Å²) in [7, 11) is 0. The number of halogens is 4. The molecule has 0 aliphatic rings. The van der Waals surface area contributed by atoms with Crippen molar-refractivity contribution in [3.05, 3.63) is 50.4 Å². The average molecular weight is 332 g/mol. The quantitative estimate of drug-likeness (QED) is 0.595. The molecule has 0 amide bonds. The second-order valence-corrected chi connectivity index (χ2v) is 5.60. The van der Waals surface area contributed by atoms with Gasteiger partial charge in [0, 0.05) is 5.56 Å². The van der Waals surface area contributed by atoms with E-state index in [1.165, 1.54) is 0 Å². The number of benzene rings is 2. The smallest absolute Gasteiger partial charge is 0.138 e. The highest BCUT2D eigenvalue weighted by molar-refractivity contribution is 6.42. The van der Waals surface area contributed by atoms with Crippen molar-refractivity contribution in [2.75, 3.05) is 0 Å². The summed E-state index contributed by atoms with van der Waals surface area (Å²) in [4.78, 5) is 7.58. The third-order valence-electron chi connectivity index (χ3n) is 2.74. The Bertz CT molecular complexity index is 741. The Morgan fingerprint density at radius 2 is 1.47 bits per heavy atom. The lowest BCUT2D eigenvalue weighted by Gasteiger charge is -1.99. The Hall–Kier alpha value is -0.930. The van der Waals surface area contributed by atoms with Gasteiger partial charge in [-0.05, 0) is 30.3 Å². The number of aromatic amines is 1. The Morgan fingerprint density at radius 1 is 0.789 bits per heavy atom. The van der Waals surface area contributed by atoms with Gasteiger partial charge in [-0.3, -0.25) is 0 Å². The van der Waals surface area contributed by atoms with Gasteiger partial charge in [-0.1, -0.05) is 46.4 Å². The van der Waals surface area contributed by atoms with Gasteiger partial charge in [-0.2, -0.15) is 0 Å². The molecule has 0 radical (unpaired) electrons. The summed E-state index contributed by atoms with van der Waals surface area (Å²) >= 11 is 24.1. The highest BCUT2D eigenvalue weighted by Crippen LogP contribution is 2.32. The first-order valence-corrected chi connectivity index (χ1v) is 6.86. The number of imidazole rings is 1. The fourth-order valence-corrected chi connectivity index (χ4v) is 2.51. The fraction of sp³-hybridized carbons (Fsp3) is 0. The zero-order valence-corrected chi connectivity index (χ0v) is 12.4. The van der Waals surface area contributed by atoms with Gasteiger partial charge in [0.05, 0.1) is 25.6 Å². The van der Waals surface area contributed by atoms with Crippen LogP contribution in [0.15, 0.2) is 30.3 Å². The molecule has 3 aromatic rings. The molecular formula is C13H6Cl4N2. The lowest BCUT2D eigenvalue weighted by Crippen LogP contribution is -1.80. The SMILES string of the molecule is Clc1ccc(-c2nc3c(Cl)ccc(Cl)c3[nH]2)cc1Cl. The molecule has 0 bridgehead atoms. The number of aromatic nitrogens is 2. The van der Waals surface area contributed by atoms with Gasteiger partial charge in [0.2, 0.25) is 0 Å². The van der Waals surface area contributed by atoms with E-state index in [0.717, 1.165) is 5.56 Å². The number of nitrogens with one attached hydrogen (secondary N) is 1. The van der Waals surface area contributed by atoms with E-state index in [-0.39, 0.29) is 0 Å². The van der Waals surface area contributed by atoms with Crippen molar-refractivity contribution < 1.29 is 0 Å². The van der Waals surface area contributed by atoms with Gasteiger partial charge in [0.1, 0.15) is 11.3 Å². The van der Waals surface area contributed by atoms with Gasteiger partial charge in [-0.25, -0.2) is 4.98 Å². The van der Waals surface area contributed by atoms with Crippen molar-refractivity contribution in [1.82, 2.24) is 9.97 Å². The molecule has 6 heteroatoms. The molecule has 0 spiro atoms. The van der Waals surface area contributed by atoms with Crippen LogP contribution in [0, 0.1) is 0 Å². The Kier molecular flexibility index (Phi) is 3.35. The molecule has 96 valence electrons. The molecule has 19 heavy (non-hydrogen) atoms. The van der Waals surface area contributed by atoms with Crippen LogP contribution in [0.25, 0.3) is 22.4 Å². The minimum Gasteiger partial charge on any atom is -0.337 e. The molecule has 1 heterocycles. The van der Waals surface area contributed by atoms with E-state index in [2.05, 4.69) is 9.97 Å². The number of hydrogen-bond acceptors (Lipinski definition) is 1. The largest absolute Gasteiger partial charge is 0.337 e. The van der Waals surface area contributed by atoms with Crippen LogP contribution in [0.1, 0.15) is 0 Å². The van der Waals surface area contributed by atoms with E-state index in [1.807, 2.05) is 6.07 Å². The first kappa shape index (κ1) is 13.1. The number of H-pyrrole nitrogens is 1. The molecule has 0 unspecified atom stereocenters. The standard InChI is InChI=1S/C13H6Cl4N2/c14-7-2-1-6(5-10(7)17)13-18-11-8(15)3-4-9(16)12(11)19-13/h1-5H,(H,18,19). The van der Waals surface area contributed by atoms with Gasteiger partial charge in [-0.15, -0.1) is 0 Å². The first-order chi connectivity index (χ1) is 9.06. The molecule has 1 N–H and O–H groups in total. The highest BCUT2D eigenvalue weighted by Gasteiger charge is 2.11. The molecule has 2 nitrogen and oxygen atoms in total. The number of fused-ring (bicyclic) bond motifs is 1. The number of rotatable bonds is 1. The van der Waals surface area contributed by atoms with E-state index in [0.29, 0.717) is 36.9 Å². The predicted molar refractivity (Wildman–Crippen MR) is 81.6 cm³/mol. The van der Waals surface area contributed by atoms with Crippen molar-refractivity contribution in [3.63, 3.8) is 0 Å². The van der Waals surface area contributed by atoms with Crippen molar-refractivity contribution in [2.45, 2.75) is 0 Å². The minimum atomic E-state index is 0.469. The zero-order valence-electron chi connectivity index (χ0n) is 9.35. The van der Waals surface area contributed by atoms with Crippen LogP contribution in [0.5, 0.6) is 0 Å². The summed E-state index contributed by atoms with van der Waals surface area (Å²) in [5.74, 6) is 0.642. The van der Waals surface area contributed by atoms with Crippen LogP contribution in [0.3, 0.4) is 0 Å². The minimum absolute atomic E-state index is 0.469. The molecular weight excluding hydrogens is 326 g/mol. The summed E-state index contributed by atoms with van der Waals surface area (Å²) in [5.41, 5.74) is 2.16. The van der Waals surface area contributed by atoms with Crippen molar-refractivity contribution in [1.29, 1.82) is 0 Å². The molecule has 3 rings (SSSR count). The van der Waals surface area contributed by atoms with Gasteiger partial charge in [0.15, 0.2) is 0 Å². The Morgan fingerprint density at radius 3 is 2.16 bits per heavy atom. The second-order valence-electron chi connectivity index (χ2n) is 3.97. The van der Waals surface area contributed by atoms with Gasteiger partial charge >= 0.3 is 0 Å². The Balaban J connectivity index is 2.23. The van der Waals surface area contributed by atoms with E-state index in [1.54, 1.807) is 24.3 Å². The molecule has 0 saturated carbocycles. The van der Waals surface area contributed by atoms with E-state index in [9.17, 15) is 0 Å². The molecule has 0 atom stereocenters. The first-order valence-electron chi connectivity index (χ1n) is 5.35. The summed E-state index contributed by atoms with van der Waals surface area (Å²) in [6, 6.07) is 8.72. The number of nitrogens with zero attached hydrogens (tertiary/aromatic N) is 1. The normalized spacial score (nSPS) is 11.2. The molecule has 1 aromatic heterocycles. The summed E-state index contributed by atoms with van der Waals surface area (Å²) in [6.45, 7) is 0. The second kappa shape index (κ2) is 4.88. The summed E-state index contributed by atoms with van der Waals surface area (Å²) in [6.07, 6.45) is 0. The third-order valence-corrected chi connectivity index (χ3v) is 4.10. The van der Waals surface area contributed by atoms with Crippen LogP contribution in [-0.4, -0.2) is 9.97 Å². The van der Waals surface area contributed by atoms with Crippen molar-refractivity contribution in [3.8, 4) is 11.4 Å². The van der Waals surface area contributed by atoms with Crippen LogP contribution in [0.4, 0.5) is 0 Å². The average Bonchev–Trinajstić information content (AvgIpc) is 2.83.